The van der Waals surface area contributed by atoms with E-state index in [-0.39, 0.29) is 47.6 Å². The van der Waals surface area contributed by atoms with Gasteiger partial charge in [0.25, 0.3) is 5.91 Å². The summed E-state index contributed by atoms with van der Waals surface area (Å²) in [6.45, 7) is 0. The van der Waals surface area contributed by atoms with Crippen LogP contribution in [0.4, 0.5) is 11.4 Å². The first-order valence-corrected chi connectivity index (χ1v) is 10.1. The van der Waals surface area contributed by atoms with Crippen LogP contribution in [-0.2, 0) is 14.3 Å². The summed E-state index contributed by atoms with van der Waals surface area (Å²) in [5, 5.41) is 5.73. The van der Waals surface area contributed by atoms with Crippen molar-refractivity contribution in [2.45, 2.75) is 18.9 Å². The molecule has 5 rings (SSSR count). The van der Waals surface area contributed by atoms with Crippen LogP contribution in [0.15, 0.2) is 48.5 Å². The molecule has 0 radical (unpaired) electrons. The molecule has 2 bridgehead atoms. The van der Waals surface area contributed by atoms with Crippen LogP contribution in [0.2, 0.25) is 0 Å². The van der Waals surface area contributed by atoms with Crippen molar-refractivity contribution >= 4 is 29.2 Å². The van der Waals surface area contributed by atoms with Gasteiger partial charge in [-0.2, -0.15) is 0 Å². The van der Waals surface area contributed by atoms with E-state index in [4.69, 9.17) is 9.47 Å². The number of fused-ring (bicyclic) bond motifs is 1. The van der Waals surface area contributed by atoms with Crippen molar-refractivity contribution in [2.24, 2.45) is 23.7 Å². The third kappa shape index (κ3) is 3.10. The summed E-state index contributed by atoms with van der Waals surface area (Å²) in [6.07, 6.45) is 1.65. The first kappa shape index (κ1) is 18.7. The van der Waals surface area contributed by atoms with Gasteiger partial charge in [0.05, 0.1) is 18.9 Å². The highest BCUT2D eigenvalue weighted by molar-refractivity contribution is 6.05. The molecule has 1 aliphatic heterocycles. The largest absolute Gasteiger partial charge is 0.497 e. The first-order valence-electron chi connectivity index (χ1n) is 10.1. The molecule has 2 saturated carbocycles. The van der Waals surface area contributed by atoms with Crippen molar-refractivity contribution in [3.05, 3.63) is 54.1 Å². The van der Waals surface area contributed by atoms with Crippen LogP contribution in [0, 0.1) is 23.7 Å². The molecule has 154 valence electrons. The molecule has 30 heavy (non-hydrogen) atoms. The van der Waals surface area contributed by atoms with Crippen LogP contribution in [0.3, 0.4) is 0 Å². The Labute approximate surface area is 173 Å². The van der Waals surface area contributed by atoms with Gasteiger partial charge in [-0.15, -0.1) is 0 Å². The van der Waals surface area contributed by atoms with Gasteiger partial charge in [0.2, 0.25) is 5.91 Å². The van der Waals surface area contributed by atoms with Gasteiger partial charge in [0.15, 0.2) is 0 Å². The third-order valence-electron chi connectivity index (χ3n) is 6.53. The van der Waals surface area contributed by atoms with Crippen LogP contribution >= 0.6 is 0 Å². The minimum absolute atomic E-state index is 0.00142. The van der Waals surface area contributed by atoms with Crippen molar-refractivity contribution in [3.8, 4) is 5.75 Å². The molecular weight excluding hydrogens is 384 g/mol. The van der Waals surface area contributed by atoms with E-state index in [2.05, 4.69) is 10.6 Å². The molecule has 7 heteroatoms. The molecule has 3 aliphatic rings. The normalized spacial score (nSPS) is 28.2. The number of carbonyl (C=O) groups excluding carboxylic acids is 3. The van der Waals surface area contributed by atoms with Gasteiger partial charge in [0, 0.05) is 22.9 Å². The molecule has 3 fully saturated rings. The van der Waals surface area contributed by atoms with Gasteiger partial charge in [-0.05, 0) is 61.2 Å². The number of esters is 1. The van der Waals surface area contributed by atoms with Crippen molar-refractivity contribution in [1.82, 2.24) is 0 Å². The van der Waals surface area contributed by atoms with E-state index in [9.17, 15) is 14.4 Å². The second kappa shape index (κ2) is 7.16. The summed E-state index contributed by atoms with van der Waals surface area (Å²) in [5.41, 5.74) is 1.61. The third-order valence-corrected chi connectivity index (χ3v) is 6.53. The van der Waals surface area contributed by atoms with Crippen molar-refractivity contribution < 1.29 is 23.9 Å². The number of anilines is 2. The highest BCUT2D eigenvalue weighted by atomic mass is 16.6. The molecular formula is C23H22N2O5. The lowest BCUT2D eigenvalue weighted by Crippen LogP contribution is -2.35. The van der Waals surface area contributed by atoms with Gasteiger partial charge in [0.1, 0.15) is 11.9 Å². The Balaban J connectivity index is 1.27. The summed E-state index contributed by atoms with van der Waals surface area (Å²) >= 11 is 0. The fraction of sp³-hybridized carbons (Fsp3) is 0.348. The second-order valence-electron chi connectivity index (χ2n) is 8.17. The van der Waals surface area contributed by atoms with E-state index in [0.717, 1.165) is 12.8 Å². The number of benzene rings is 2. The summed E-state index contributed by atoms with van der Waals surface area (Å²) in [6, 6.07) is 13.8. The van der Waals surface area contributed by atoms with E-state index >= 15 is 0 Å². The number of nitrogens with one attached hydrogen (secondary N) is 2. The van der Waals surface area contributed by atoms with Crippen molar-refractivity contribution in [1.29, 1.82) is 0 Å². The molecule has 1 heterocycles. The molecule has 2 aromatic rings. The van der Waals surface area contributed by atoms with Crippen LogP contribution in [0.5, 0.6) is 5.75 Å². The number of hydrogen-bond donors (Lipinski definition) is 2. The van der Waals surface area contributed by atoms with E-state index in [1.165, 1.54) is 0 Å². The maximum absolute atomic E-state index is 12.9. The first-order chi connectivity index (χ1) is 14.5. The van der Waals surface area contributed by atoms with Gasteiger partial charge in [-0.25, -0.2) is 0 Å². The Morgan fingerprint density at radius 3 is 2.60 bits per heavy atom. The standard InChI is InChI=1S/C23H22N2O5/c1-29-16-7-5-14(6-8-16)24-21(26)12-3-2-4-15(9-12)25-22(27)19-13-10-17-18(11-13)30-23(28)20(17)19/h2-9,13,17-20H,10-11H2,1H3,(H,24,26)(H,25,27)/t13-,17-,18-,19-,20+/m1/s1. The predicted molar refractivity (Wildman–Crippen MR) is 109 cm³/mol. The number of hydrogen-bond acceptors (Lipinski definition) is 5. The average Bonchev–Trinajstić information content (AvgIpc) is 3.37. The number of amides is 2. The van der Waals surface area contributed by atoms with Gasteiger partial charge < -0.3 is 20.1 Å². The van der Waals surface area contributed by atoms with Crippen molar-refractivity contribution in [3.63, 3.8) is 0 Å². The van der Waals surface area contributed by atoms with E-state index < -0.39 is 0 Å². The zero-order valence-corrected chi connectivity index (χ0v) is 16.5. The van der Waals surface area contributed by atoms with Gasteiger partial charge in [-0.1, -0.05) is 6.07 Å². The summed E-state index contributed by atoms with van der Waals surface area (Å²) in [5.74, 6) is -0.282. The smallest absolute Gasteiger partial charge is 0.310 e. The quantitative estimate of drug-likeness (QED) is 0.745. The summed E-state index contributed by atoms with van der Waals surface area (Å²) < 4.78 is 10.5. The maximum atomic E-state index is 12.9. The van der Waals surface area contributed by atoms with Gasteiger partial charge in [-0.3, -0.25) is 14.4 Å². The Hall–Kier alpha value is -3.35. The average molecular weight is 406 g/mol. The minimum Gasteiger partial charge on any atom is -0.497 e. The zero-order chi connectivity index (χ0) is 20.8. The van der Waals surface area contributed by atoms with Crippen LogP contribution in [0.1, 0.15) is 23.2 Å². The maximum Gasteiger partial charge on any atom is 0.310 e. The van der Waals surface area contributed by atoms with Crippen LogP contribution in [-0.4, -0.2) is 31.0 Å². The highest BCUT2D eigenvalue weighted by Crippen LogP contribution is 2.57. The lowest BCUT2D eigenvalue weighted by Gasteiger charge is -2.23. The molecule has 1 saturated heterocycles. The monoisotopic (exact) mass is 406 g/mol. The number of rotatable bonds is 5. The lowest BCUT2D eigenvalue weighted by molar-refractivity contribution is -0.145. The van der Waals surface area contributed by atoms with E-state index in [0.29, 0.717) is 22.7 Å². The topological polar surface area (TPSA) is 93.7 Å². The Morgan fingerprint density at radius 1 is 1.03 bits per heavy atom. The van der Waals surface area contributed by atoms with Crippen LogP contribution < -0.4 is 15.4 Å². The molecule has 2 aromatic carbocycles. The van der Waals surface area contributed by atoms with E-state index in [1.54, 1.807) is 55.6 Å². The lowest BCUT2D eigenvalue weighted by atomic mass is 9.79. The number of ether oxygens (including phenoxy) is 2. The molecule has 2 N–H and O–H groups in total. The Bertz CT molecular complexity index is 1020. The molecule has 5 atom stereocenters. The van der Waals surface area contributed by atoms with Crippen LogP contribution in [0.25, 0.3) is 0 Å². The Kier molecular flexibility index (Phi) is 4.46. The summed E-state index contributed by atoms with van der Waals surface area (Å²) in [7, 11) is 1.58. The zero-order valence-electron chi connectivity index (χ0n) is 16.5. The molecule has 7 nitrogen and oxygen atoms in total. The van der Waals surface area contributed by atoms with Gasteiger partial charge >= 0.3 is 5.97 Å². The SMILES string of the molecule is COc1ccc(NC(=O)c2cccc(NC(=O)[C@@H]3[C@@H]4C[C@H]5[C@@H]3C(=O)O[C@@H]5C4)c2)cc1. The molecule has 2 aliphatic carbocycles. The molecule has 0 unspecified atom stereocenters. The summed E-state index contributed by atoms with van der Waals surface area (Å²) in [4.78, 5) is 37.7. The minimum atomic E-state index is -0.349. The second-order valence-corrected chi connectivity index (χ2v) is 8.17. The fourth-order valence-corrected chi connectivity index (χ4v) is 5.20. The predicted octanol–water partition coefficient (Wildman–Crippen LogP) is 3.08. The molecule has 0 aromatic heterocycles. The fourth-order valence-electron chi connectivity index (χ4n) is 5.20. The molecule has 0 spiro atoms. The van der Waals surface area contributed by atoms with E-state index in [1.807, 2.05) is 0 Å². The Morgan fingerprint density at radius 2 is 1.83 bits per heavy atom. The molecule has 2 amide bonds. The highest BCUT2D eigenvalue weighted by Gasteiger charge is 2.63. The number of carbonyl (C=O) groups is 3. The van der Waals surface area contributed by atoms with Crippen molar-refractivity contribution in [2.75, 3.05) is 17.7 Å². The number of methoxy groups -OCH3 is 1.